The molecule has 90 valence electrons. The normalized spacial score (nSPS) is 17.5. The van der Waals surface area contributed by atoms with Gasteiger partial charge in [0, 0.05) is 13.2 Å². The van der Waals surface area contributed by atoms with E-state index >= 15 is 0 Å². The van der Waals surface area contributed by atoms with Crippen LogP contribution in [0.1, 0.15) is 33.6 Å². The molecule has 0 fully saturated rings. The lowest BCUT2D eigenvalue weighted by Crippen LogP contribution is -2.41. The molecule has 0 amide bonds. The number of hydrogen-bond donors (Lipinski definition) is 3. The molecule has 4 nitrogen and oxygen atoms in total. The van der Waals surface area contributed by atoms with Gasteiger partial charge >= 0.3 is 5.97 Å². The number of rotatable bonds is 7. The van der Waals surface area contributed by atoms with Crippen LogP contribution in [0.4, 0.5) is 0 Å². The van der Waals surface area contributed by atoms with Crippen LogP contribution in [0.2, 0.25) is 0 Å². The van der Waals surface area contributed by atoms with Gasteiger partial charge in [0.15, 0.2) is 0 Å². The Morgan fingerprint density at radius 2 is 1.87 bits per heavy atom. The summed E-state index contributed by atoms with van der Waals surface area (Å²) in [6, 6.07) is 0. The Morgan fingerprint density at radius 3 is 2.13 bits per heavy atom. The van der Waals surface area contributed by atoms with Crippen LogP contribution in [0.25, 0.3) is 0 Å². The van der Waals surface area contributed by atoms with Crippen molar-refractivity contribution in [2.45, 2.75) is 33.6 Å². The van der Waals surface area contributed by atoms with Crippen LogP contribution >= 0.6 is 0 Å². The van der Waals surface area contributed by atoms with Crippen molar-refractivity contribution in [3.8, 4) is 0 Å². The van der Waals surface area contributed by atoms with Gasteiger partial charge in [-0.05, 0) is 24.7 Å². The van der Waals surface area contributed by atoms with E-state index in [1.165, 1.54) is 0 Å². The predicted molar refractivity (Wildman–Crippen MR) is 59.4 cm³/mol. The quantitative estimate of drug-likeness (QED) is 0.596. The van der Waals surface area contributed by atoms with Crippen LogP contribution in [-0.4, -0.2) is 29.3 Å². The zero-order chi connectivity index (χ0) is 12.1. The van der Waals surface area contributed by atoms with Crippen molar-refractivity contribution in [3.63, 3.8) is 0 Å². The Labute approximate surface area is 91.5 Å². The fourth-order valence-electron chi connectivity index (χ4n) is 2.02. The maximum Gasteiger partial charge on any atom is 0.310 e. The third-order valence-electron chi connectivity index (χ3n) is 2.69. The van der Waals surface area contributed by atoms with Crippen molar-refractivity contribution < 1.29 is 15.0 Å². The van der Waals surface area contributed by atoms with Gasteiger partial charge in [0.25, 0.3) is 0 Å². The van der Waals surface area contributed by atoms with Gasteiger partial charge in [0.05, 0.1) is 5.41 Å². The number of hydrogen-bond acceptors (Lipinski definition) is 3. The summed E-state index contributed by atoms with van der Waals surface area (Å²) in [6.45, 7) is 5.94. The first kappa shape index (κ1) is 14.4. The number of aliphatic hydroxyl groups is 1. The first-order chi connectivity index (χ1) is 6.88. The van der Waals surface area contributed by atoms with Gasteiger partial charge in [-0.15, -0.1) is 0 Å². The molecule has 4 heteroatoms. The molecule has 4 N–H and O–H groups in total. The van der Waals surface area contributed by atoms with Gasteiger partial charge in [0.2, 0.25) is 0 Å². The molecular formula is C11H23NO3. The average molecular weight is 217 g/mol. The zero-order valence-electron chi connectivity index (χ0n) is 9.86. The van der Waals surface area contributed by atoms with E-state index in [1.807, 2.05) is 20.8 Å². The third kappa shape index (κ3) is 4.18. The van der Waals surface area contributed by atoms with Crippen molar-refractivity contribution >= 4 is 5.97 Å². The molecule has 0 aliphatic heterocycles. The summed E-state index contributed by atoms with van der Waals surface area (Å²) in [5.41, 5.74) is 4.72. The Balaban J connectivity index is 4.73. The summed E-state index contributed by atoms with van der Waals surface area (Å²) in [5, 5.41) is 18.2. The summed E-state index contributed by atoms with van der Waals surface area (Å²) in [6.07, 6.45) is 0.997. The maximum atomic E-state index is 11.3. The summed E-state index contributed by atoms with van der Waals surface area (Å²) in [4.78, 5) is 11.3. The topological polar surface area (TPSA) is 83.5 Å². The van der Waals surface area contributed by atoms with E-state index in [2.05, 4.69) is 0 Å². The molecule has 0 spiro atoms. The molecule has 0 saturated heterocycles. The summed E-state index contributed by atoms with van der Waals surface area (Å²) in [7, 11) is 0. The largest absolute Gasteiger partial charge is 0.481 e. The fraction of sp³-hybridized carbons (Fsp3) is 0.909. The lowest BCUT2D eigenvalue weighted by atomic mass is 9.74. The molecule has 0 bridgehead atoms. The molecule has 0 aromatic rings. The molecule has 2 unspecified atom stereocenters. The number of carbonyl (C=O) groups is 1. The standard InChI is InChI=1S/C11H23NO3/c1-8(2)4-11(7-12,10(14)15)5-9(3)6-13/h8-9,13H,4-7,12H2,1-3H3,(H,14,15). The Kier molecular flexibility index (Phi) is 5.83. The molecule has 0 aliphatic rings. The van der Waals surface area contributed by atoms with Gasteiger partial charge in [-0.25, -0.2) is 0 Å². The van der Waals surface area contributed by atoms with Gasteiger partial charge in [-0.2, -0.15) is 0 Å². The van der Waals surface area contributed by atoms with Gasteiger partial charge in [-0.1, -0.05) is 20.8 Å². The minimum absolute atomic E-state index is 0.00707. The third-order valence-corrected chi connectivity index (χ3v) is 2.69. The first-order valence-corrected chi connectivity index (χ1v) is 5.42. The van der Waals surface area contributed by atoms with Gasteiger partial charge in [-0.3, -0.25) is 4.79 Å². The molecule has 0 radical (unpaired) electrons. The molecule has 0 aromatic heterocycles. The van der Waals surface area contributed by atoms with Crippen LogP contribution in [0.15, 0.2) is 0 Å². The SMILES string of the molecule is CC(C)CC(CN)(CC(C)CO)C(=O)O. The highest BCUT2D eigenvalue weighted by molar-refractivity contribution is 5.75. The fourth-order valence-corrected chi connectivity index (χ4v) is 2.02. The van der Waals surface area contributed by atoms with Gasteiger partial charge < -0.3 is 15.9 Å². The van der Waals surface area contributed by atoms with Crippen LogP contribution in [-0.2, 0) is 4.79 Å². The van der Waals surface area contributed by atoms with E-state index in [0.717, 1.165) is 0 Å². The summed E-state index contributed by atoms with van der Waals surface area (Å²) >= 11 is 0. The Hall–Kier alpha value is -0.610. The molecule has 2 atom stereocenters. The number of nitrogens with two attached hydrogens (primary N) is 1. The smallest absolute Gasteiger partial charge is 0.310 e. The monoisotopic (exact) mass is 217 g/mol. The van der Waals surface area contributed by atoms with E-state index in [-0.39, 0.29) is 25.0 Å². The van der Waals surface area contributed by atoms with Crippen molar-refractivity contribution in [3.05, 3.63) is 0 Å². The molecule has 0 rings (SSSR count). The molecule has 0 aliphatic carbocycles. The van der Waals surface area contributed by atoms with E-state index in [0.29, 0.717) is 12.8 Å². The zero-order valence-corrected chi connectivity index (χ0v) is 9.86. The minimum Gasteiger partial charge on any atom is -0.481 e. The van der Waals surface area contributed by atoms with E-state index in [4.69, 9.17) is 10.8 Å². The van der Waals surface area contributed by atoms with Crippen LogP contribution in [0.3, 0.4) is 0 Å². The van der Waals surface area contributed by atoms with Crippen molar-refractivity contribution in [1.29, 1.82) is 0 Å². The lowest BCUT2D eigenvalue weighted by molar-refractivity contribution is -0.150. The minimum atomic E-state index is -0.879. The highest BCUT2D eigenvalue weighted by Gasteiger charge is 2.38. The van der Waals surface area contributed by atoms with Crippen molar-refractivity contribution in [2.75, 3.05) is 13.2 Å². The van der Waals surface area contributed by atoms with Gasteiger partial charge in [0.1, 0.15) is 0 Å². The van der Waals surface area contributed by atoms with E-state index < -0.39 is 11.4 Å². The maximum absolute atomic E-state index is 11.3. The average Bonchev–Trinajstić information content (AvgIpc) is 2.15. The number of aliphatic carboxylic acids is 1. The summed E-state index contributed by atoms with van der Waals surface area (Å²) < 4.78 is 0. The number of carboxylic acid groups (broad SMARTS) is 1. The molecule has 0 aromatic carbocycles. The van der Waals surface area contributed by atoms with E-state index in [9.17, 15) is 9.90 Å². The highest BCUT2D eigenvalue weighted by atomic mass is 16.4. The highest BCUT2D eigenvalue weighted by Crippen LogP contribution is 2.33. The van der Waals surface area contributed by atoms with Crippen molar-refractivity contribution in [1.82, 2.24) is 0 Å². The van der Waals surface area contributed by atoms with Crippen LogP contribution in [0, 0.1) is 17.3 Å². The summed E-state index contributed by atoms with van der Waals surface area (Å²) in [5.74, 6) is -0.585. The Morgan fingerprint density at radius 1 is 1.33 bits per heavy atom. The second kappa shape index (κ2) is 6.08. The van der Waals surface area contributed by atoms with Crippen molar-refractivity contribution in [2.24, 2.45) is 23.0 Å². The molecule has 0 heterocycles. The first-order valence-electron chi connectivity index (χ1n) is 5.42. The van der Waals surface area contributed by atoms with Crippen LogP contribution in [0.5, 0.6) is 0 Å². The lowest BCUT2D eigenvalue weighted by Gasteiger charge is -2.31. The number of carboxylic acids is 1. The molecule has 0 saturated carbocycles. The molecular weight excluding hydrogens is 194 g/mol. The Bertz CT molecular complexity index is 206. The molecule has 15 heavy (non-hydrogen) atoms. The second-order valence-electron chi connectivity index (χ2n) is 4.88. The second-order valence-corrected chi connectivity index (χ2v) is 4.88. The number of aliphatic hydroxyl groups excluding tert-OH is 1. The van der Waals surface area contributed by atoms with E-state index in [1.54, 1.807) is 0 Å². The predicted octanol–water partition coefficient (Wildman–Crippen LogP) is 1.08. The van der Waals surface area contributed by atoms with Crippen LogP contribution < -0.4 is 5.73 Å².